The van der Waals surface area contributed by atoms with Crippen LogP contribution in [-0.2, 0) is 22.6 Å². The van der Waals surface area contributed by atoms with Crippen molar-refractivity contribution in [1.82, 2.24) is 30.2 Å². The fourth-order valence-electron chi connectivity index (χ4n) is 6.35. The first-order valence-corrected chi connectivity index (χ1v) is 17.0. The van der Waals surface area contributed by atoms with E-state index in [4.69, 9.17) is 42.6 Å². The first-order valence-electron chi connectivity index (χ1n) is 16.2. The molecule has 2 aromatic carbocycles. The van der Waals surface area contributed by atoms with Crippen LogP contribution < -0.4 is 14.8 Å². The molecule has 10 nitrogen and oxygen atoms in total. The summed E-state index contributed by atoms with van der Waals surface area (Å²) in [6.45, 7) is 3.89. The summed E-state index contributed by atoms with van der Waals surface area (Å²) in [5.74, 6) is 1.38. The summed E-state index contributed by atoms with van der Waals surface area (Å²) < 4.78 is 11.2. The van der Waals surface area contributed by atoms with Crippen LogP contribution in [0.4, 0.5) is 0 Å². The van der Waals surface area contributed by atoms with Crippen molar-refractivity contribution < 1.29 is 19.1 Å². The number of nitrogens with one attached hydrogen (secondary N) is 1. The van der Waals surface area contributed by atoms with Crippen molar-refractivity contribution in [2.75, 3.05) is 27.3 Å². The molecule has 1 amide bonds. The van der Waals surface area contributed by atoms with Crippen molar-refractivity contribution in [2.24, 2.45) is 5.92 Å². The number of hydrogen-bond donors (Lipinski definition) is 1. The Morgan fingerprint density at radius 2 is 1.46 bits per heavy atom. The van der Waals surface area contributed by atoms with Crippen molar-refractivity contribution in [1.29, 1.82) is 0 Å². The Morgan fingerprint density at radius 1 is 0.896 bits per heavy atom. The Kier molecular flexibility index (Phi) is 10.5. The van der Waals surface area contributed by atoms with Crippen molar-refractivity contribution in [3.8, 4) is 45.4 Å². The zero-order valence-electron chi connectivity index (χ0n) is 27.3. The molecular formula is C36H38Cl2N6O4. The Morgan fingerprint density at radius 3 is 2.00 bits per heavy atom. The maximum Gasteiger partial charge on any atom is 0.237 e. The minimum absolute atomic E-state index is 0.0948. The lowest BCUT2D eigenvalue weighted by Gasteiger charge is -2.38. The first kappa shape index (κ1) is 33.8. The summed E-state index contributed by atoms with van der Waals surface area (Å²) in [5.41, 5.74) is 5.46. The quantitative estimate of drug-likeness (QED) is 0.166. The van der Waals surface area contributed by atoms with Gasteiger partial charge >= 0.3 is 0 Å². The number of amides is 1. The second kappa shape index (κ2) is 15.0. The highest BCUT2D eigenvalue weighted by atomic mass is 35.5. The lowest BCUT2D eigenvalue weighted by atomic mass is 9.93. The van der Waals surface area contributed by atoms with Crippen LogP contribution in [0.15, 0.2) is 48.8 Å². The predicted octanol–water partition coefficient (Wildman–Crippen LogP) is 6.60. The molecule has 12 heteroatoms. The van der Waals surface area contributed by atoms with Crippen molar-refractivity contribution in [3.05, 3.63) is 70.2 Å². The number of ether oxygens (including phenoxy) is 2. The van der Waals surface area contributed by atoms with Crippen LogP contribution in [0.1, 0.15) is 50.4 Å². The van der Waals surface area contributed by atoms with Crippen LogP contribution in [0.5, 0.6) is 11.8 Å². The van der Waals surface area contributed by atoms with E-state index in [1.807, 2.05) is 43.3 Å². The molecule has 2 aliphatic heterocycles. The fourth-order valence-corrected chi connectivity index (χ4v) is 7.00. The number of Topliss-reactive ketones (excluding diaryl/α,β-unsaturated/α-hetero) is 1. The average molecular weight is 690 g/mol. The SMILES string of the molecule is CCC(=O)C1CN(Cc2ncc(-c3cccc(-c4cccc(-c5cnc(CCC[C@@H]6CCC(=O)N6)c(OC)n5)c4Cl)c3Cl)nc2OC)C1. The van der Waals surface area contributed by atoms with Gasteiger partial charge in [0.05, 0.1) is 48.0 Å². The van der Waals surface area contributed by atoms with Gasteiger partial charge in [-0.25, -0.2) is 9.97 Å². The van der Waals surface area contributed by atoms with Crippen LogP contribution in [0.25, 0.3) is 33.6 Å². The van der Waals surface area contributed by atoms with Gasteiger partial charge in [-0.15, -0.1) is 0 Å². The molecular weight excluding hydrogens is 651 g/mol. The fraction of sp³-hybridized carbons (Fsp3) is 0.389. The van der Waals surface area contributed by atoms with Crippen LogP contribution in [0, 0.1) is 5.92 Å². The lowest BCUT2D eigenvalue weighted by molar-refractivity contribution is -0.128. The van der Waals surface area contributed by atoms with Gasteiger partial charge in [0, 0.05) is 66.7 Å². The highest BCUT2D eigenvalue weighted by molar-refractivity contribution is 6.39. The lowest BCUT2D eigenvalue weighted by Crippen LogP contribution is -2.49. The number of likely N-dealkylation sites (tertiary alicyclic amines) is 1. The largest absolute Gasteiger partial charge is 0.480 e. The van der Waals surface area contributed by atoms with E-state index in [0.29, 0.717) is 81.6 Å². The van der Waals surface area contributed by atoms with E-state index in [1.165, 1.54) is 0 Å². The highest BCUT2D eigenvalue weighted by Gasteiger charge is 2.32. The van der Waals surface area contributed by atoms with Crippen LogP contribution >= 0.6 is 23.2 Å². The van der Waals surface area contributed by atoms with Crippen LogP contribution in [-0.4, -0.2) is 69.9 Å². The number of nitrogens with zero attached hydrogens (tertiary/aromatic N) is 5. The predicted molar refractivity (Wildman–Crippen MR) is 185 cm³/mol. The highest BCUT2D eigenvalue weighted by Crippen LogP contribution is 2.42. The Labute approximate surface area is 290 Å². The third-order valence-corrected chi connectivity index (χ3v) is 9.85. The molecule has 0 bridgehead atoms. The number of methoxy groups -OCH3 is 2. The number of aromatic nitrogens is 4. The Balaban J connectivity index is 1.21. The maximum absolute atomic E-state index is 12.0. The van der Waals surface area contributed by atoms with Gasteiger partial charge in [-0.1, -0.05) is 66.5 Å². The van der Waals surface area contributed by atoms with Gasteiger partial charge in [0.2, 0.25) is 17.7 Å². The molecule has 4 heterocycles. The summed E-state index contributed by atoms with van der Waals surface area (Å²) in [4.78, 5) is 44.5. The normalized spacial score (nSPS) is 16.4. The van der Waals surface area contributed by atoms with Crippen LogP contribution in [0.3, 0.4) is 0 Å². The van der Waals surface area contributed by atoms with Crippen molar-refractivity contribution in [3.63, 3.8) is 0 Å². The minimum Gasteiger partial charge on any atom is -0.480 e. The van der Waals surface area contributed by atoms with Crippen molar-refractivity contribution >= 4 is 34.9 Å². The Hall–Kier alpha value is -4.12. The molecule has 2 aliphatic rings. The number of halogens is 2. The monoisotopic (exact) mass is 688 g/mol. The Bertz CT molecular complexity index is 1830. The summed E-state index contributed by atoms with van der Waals surface area (Å²) >= 11 is 14.1. The summed E-state index contributed by atoms with van der Waals surface area (Å²) in [6.07, 6.45) is 7.87. The van der Waals surface area contributed by atoms with E-state index in [9.17, 15) is 9.59 Å². The molecule has 1 atom stereocenters. The van der Waals surface area contributed by atoms with Crippen molar-refractivity contribution in [2.45, 2.75) is 58.0 Å². The molecule has 48 heavy (non-hydrogen) atoms. The van der Waals surface area contributed by atoms with E-state index >= 15 is 0 Å². The number of hydrogen-bond acceptors (Lipinski definition) is 9. The maximum atomic E-state index is 12.0. The third kappa shape index (κ3) is 7.16. The van der Waals surface area contributed by atoms with Gasteiger partial charge in [0.1, 0.15) is 17.2 Å². The zero-order chi connectivity index (χ0) is 33.8. The average Bonchev–Trinajstić information content (AvgIpc) is 3.51. The molecule has 0 saturated carbocycles. The smallest absolute Gasteiger partial charge is 0.237 e. The van der Waals surface area contributed by atoms with E-state index in [0.717, 1.165) is 49.2 Å². The van der Waals surface area contributed by atoms with E-state index < -0.39 is 0 Å². The summed E-state index contributed by atoms with van der Waals surface area (Å²) in [7, 11) is 3.15. The number of rotatable bonds is 13. The molecule has 4 aromatic rings. The zero-order valence-corrected chi connectivity index (χ0v) is 28.8. The molecule has 0 unspecified atom stereocenters. The molecule has 1 N–H and O–H groups in total. The van der Waals surface area contributed by atoms with E-state index in [1.54, 1.807) is 26.6 Å². The molecule has 2 aromatic heterocycles. The molecule has 250 valence electrons. The van der Waals surface area contributed by atoms with Gasteiger partial charge in [-0.05, 0) is 25.7 Å². The van der Waals surface area contributed by atoms with Gasteiger partial charge in [0.25, 0.3) is 0 Å². The standard InChI is InChI=1S/C36H38Cl2N6O4/c1-4-31(45)21-18-44(19-21)20-30-36(48-3)43-29(17-40-30)26-12-7-10-24(34(26)38)23-9-6-11-25(33(23)37)28-16-39-27(35(42-28)47-2)13-5-8-22-14-15-32(46)41-22/h6-7,9-12,16-17,21-22H,4-5,8,13-15,18-20H2,1-3H3,(H,41,46)/t22-/m1/s1. The van der Waals surface area contributed by atoms with Gasteiger partial charge < -0.3 is 14.8 Å². The van der Waals surface area contributed by atoms with Gasteiger partial charge in [-0.2, -0.15) is 0 Å². The number of benzene rings is 2. The number of carbonyl (C=O) groups is 2. The third-order valence-electron chi connectivity index (χ3n) is 9.03. The molecule has 6 rings (SSSR count). The van der Waals surface area contributed by atoms with Gasteiger partial charge in [-0.3, -0.25) is 24.5 Å². The molecule has 0 aliphatic carbocycles. The molecule has 0 radical (unpaired) electrons. The molecule has 2 fully saturated rings. The summed E-state index contributed by atoms with van der Waals surface area (Å²) in [6, 6.07) is 11.6. The second-order valence-corrected chi connectivity index (χ2v) is 12.9. The topological polar surface area (TPSA) is 119 Å². The number of carbonyl (C=O) groups excluding carboxylic acids is 2. The molecule has 2 saturated heterocycles. The first-order chi connectivity index (χ1) is 23.3. The summed E-state index contributed by atoms with van der Waals surface area (Å²) in [5, 5.41) is 3.96. The van der Waals surface area contributed by atoms with Gasteiger partial charge in [0.15, 0.2) is 0 Å². The van der Waals surface area contributed by atoms with E-state index in [2.05, 4.69) is 20.2 Å². The number of aryl methyl sites for hydroxylation is 1. The second-order valence-electron chi connectivity index (χ2n) is 12.2. The van der Waals surface area contributed by atoms with Crippen LogP contribution in [0.2, 0.25) is 10.0 Å². The minimum atomic E-state index is 0.0948. The van der Waals surface area contributed by atoms with E-state index in [-0.39, 0.29) is 17.9 Å². The molecule has 0 spiro atoms. The number of ketones is 1.